The maximum Gasteiger partial charge on any atom is 0.272 e. The number of pyridine rings is 1. The number of hydrogen-bond donors (Lipinski definition) is 1. The minimum atomic E-state index is -0.0321. The maximum absolute atomic E-state index is 12.7. The number of aromatic nitrogens is 1. The fourth-order valence-electron chi connectivity index (χ4n) is 4.01. The van der Waals surface area contributed by atoms with Crippen LogP contribution >= 0.6 is 0 Å². The molecule has 0 radical (unpaired) electrons. The summed E-state index contributed by atoms with van der Waals surface area (Å²) in [5.41, 5.74) is 1.55. The number of ether oxygens (including phenoxy) is 1. The molecular formula is C18H25N3O3. The van der Waals surface area contributed by atoms with E-state index in [1.54, 1.807) is 19.4 Å². The summed E-state index contributed by atoms with van der Waals surface area (Å²) in [5, 5.41) is 3.00. The van der Waals surface area contributed by atoms with E-state index in [9.17, 15) is 9.59 Å². The summed E-state index contributed by atoms with van der Waals surface area (Å²) in [6.45, 7) is 4.96. The molecule has 24 heavy (non-hydrogen) atoms. The van der Waals surface area contributed by atoms with Crippen molar-refractivity contribution >= 4 is 11.8 Å². The third kappa shape index (κ3) is 3.43. The van der Waals surface area contributed by atoms with Crippen LogP contribution in [0.4, 0.5) is 0 Å². The van der Waals surface area contributed by atoms with Crippen molar-refractivity contribution < 1.29 is 14.3 Å². The predicted octanol–water partition coefficient (Wildman–Crippen LogP) is 1.39. The van der Waals surface area contributed by atoms with Crippen LogP contribution in [0.15, 0.2) is 18.3 Å². The van der Waals surface area contributed by atoms with Gasteiger partial charge in [-0.1, -0.05) is 6.07 Å². The van der Waals surface area contributed by atoms with E-state index in [4.69, 9.17) is 4.74 Å². The Labute approximate surface area is 142 Å². The van der Waals surface area contributed by atoms with E-state index < -0.39 is 0 Å². The molecule has 2 fully saturated rings. The molecule has 0 unspecified atom stereocenters. The zero-order valence-corrected chi connectivity index (χ0v) is 14.5. The first-order chi connectivity index (χ1) is 11.5. The molecule has 2 amide bonds. The average molecular weight is 331 g/mol. The van der Waals surface area contributed by atoms with Gasteiger partial charge in [-0.05, 0) is 43.2 Å². The average Bonchev–Trinajstić information content (AvgIpc) is 2.96. The Morgan fingerprint density at radius 1 is 1.25 bits per heavy atom. The molecule has 2 heterocycles. The molecule has 0 aromatic carbocycles. The van der Waals surface area contributed by atoms with Gasteiger partial charge < -0.3 is 15.0 Å². The van der Waals surface area contributed by atoms with E-state index in [-0.39, 0.29) is 24.0 Å². The second-order valence-corrected chi connectivity index (χ2v) is 7.00. The van der Waals surface area contributed by atoms with Crippen molar-refractivity contribution in [3.8, 4) is 0 Å². The van der Waals surface area contributed by atoms with Gasteiger partial charge in [0.2, 0.25) is 5.91 Å². The summed E-state index contributed by atoms with van der Waals surface area (Å²) in [6, 6.07) is 3.73. The van der Waals surface area contributed by atoms with Crippen LogP contribution in [0.25, 0.3) is 0 Å². The van der Waals surface area contributed by atoms with E-state index in [1.807, 2.05) is 17.9 Å². The largest absolute Gasteiger partial charge is 0.379 e. The summed E-state index contributed by atoms with van der Waals surface area (Å²) < 4.78 is 5.58. The Balaban J connectivity index is 1.68. The number of rotatable bonds is 3. The first kappa shape index (κ1) is 16.9. The van der Waals surface area contributed by atoms with Crippen molar-refractivity contribution in [2.24, 2.45) is 11.8 Å². The van der Waals surface area contributed by atoms with Gasteiger partial charge in [-0.15, -0.1) is 0 Å². The van der Waals surface area contributed by atoms with Gasteiger partial charge in [0.25, 0.3) is 5.91 Å². The Hall–Kier alpha value is -1.95. The molecule has 1 saturated heterocycles. The van der Waals surface area contributed by atoms with Gasteiger partial charge in [0.1, 0.15) is 5.69 Å². The molecule has 130 valence electrons. The Kier molecular flexibility index (Phi) is 4.85. The third-order valence-electron chi connectivity index (χ3n) is 5.23. The van der Waals surface area contributed by atoms with Gasteiger partial charge in [-0.25, -0.2) is 0 Å². The van der Waals surface area contributed by atoms with Crippen LogP contribution in [0.1, 0.15) is 35.8 Å². The normalized spacial score (nSPS) is 29.2. The monoisotopic (exact) mass is 331 g/mol. The van der Waals surface area contributed by atoms with E-state index in [2.05, 4.69) is 10.3 Å². The lowest BCUT2D eigenvalue weighted by molar-refractivity contribution is -0.121. The number of amides is 2. The number of methoxy groups -OCH3 is 1. The van der Waals surface area contributed by atoms with Gasteiger partial charge in [-0.3, -0.25) is 14.6 Å². The summed E-state index contributed by atoms with van der Waals surface area (Å²) in [5.74, 6) is 0.793. The van der Waals surface area contributed by atoms with Crippen molar-refractivity contribution in [3.63, 3.8) is 0 Å². The predicted molar refractivity (Wildman–Crippen MR) is 89.5 cm³/mol. The van der Waals surface area contributed by atoms with Gasteiger partial charge in [0.05, 0.1) is 12.1 Å². The number of aryl methyl sites for hydroxylation is 1. The molecular weight excluding hydrogens is 306 g/mol. The highest BCUT2D eigenvalue weighted by atomic mass is 16.5. The van der Waals surface area contributed by atoms with Crippen LogP contribution in [0.3, 0.4) is 0 Å². The van der Waals surface area contributed by atoms with E-state index in [0.717, 1.165) is 31.5 Å². The molecule has 6 nitrogen and oxygen atoms in total. The number of nitrogens with one attached hydrogen (secondary N) is 1. The van der Waals surface area contributed by atoms with Crippen LogP contribution in [-0.4, -0.2) is 54.0 Å². The third-order valence-corrected chi connectivity index (χ3v) is 5.23. The van der Waals surface area contributed by atoms with Crippen molar-refractivity contribution in [2.75, 3.05) is 20.2 Å². The lowest BCUT2D eigenvalue weighted by atomic mass is 9.77. The number of carbonyl (C=O) groups is 2. The summed E-state index contributed by atoms with van der Waals surface area (Å²) >= 11 is 0. The SMILES string of the molecule is CO[C@@H]1C[C@H]2CN(C(=O)c3ccc(C)cn3)C[C@H]2C[C@H]1NC(C)=O. The van der Waals surface area contributed by atoms with Gasteiger partial charge >= 0.3 is 0 Å². The minimum absolute atomic E-state index is 0.00514. The molecule has 1 saturated carbocycles. The number of carbonyl (C=O) groups excluding carboxylic acids is 2. The van der Waals surface area contributed by atoms with Crippen molar-refractivity contribution in [1.82, 2.24) is 15.2 Å². The van der Waals surface area contributed by atoms with Gasteiger partial charge in [0, 0.05) is 33.3 Å². The van der Waals surface area contributed by atoms with Crippen LogP contribution in [0.2, 0.25) is 0 Å². The maximum atomic E-state index is 12.7. The Bertz CT molecular complexity index is 616. The molecule has 1 aliphatic carbocycles. The molecule has 1 aromatic rings. The quantitative estimate of drug-likeness (QED) is 0.908. The minimum Gasteiger partial charge on any atom is -0.379 e. The van der Waals surface area contributed by atoms with Gasteiger partial charge in [-0.2, -0.15) is 0 Å². The zero-order chi connectivity index (χ0) is 17.3. The summed E-state index contributed by atoms with van der Waals surface area (Å²) in [7, 11) is 1.69. The second kappa shape index (κ2) is 6.89. The van der Waals surface area contributed by atoms with Crippen LogP contribution in [0.5, 0.6) is 0 Å². The van der Waals surface area contributed by atoms with E-state index in [1.165, 1.54) is 6.92 Å². The van der Waals surface area contributed by atoms with E-state index in [0.29, 0.717) is 17.5 Å². The second-order valence-electron chi connectivity index (χ2n) is 7.00. The molecule has 1 N–H and O–H groups in total. The van der Waals surface area contributed by atoms with Crippen LogP contribution < -0.4 is 5.32 Å². The smallest absolute Gasteiger partial charge is 0.272 e. The molecule has 1 aliphatic heterocycles. The molecule has 6 heteroatoms. The van der Waals surface area contributed by atoms with Crippen molar-refractivity contribution in [3.05, 3.63) is 29.6 Å². The van der Waals surface area contributed by atoms with Crippen LogP contribution in [0, 0.1) is 18.8 Å². The number of likely N-dealkylation sites (tertiary alicyclic amines) is 1. The molecule has 1 aromatic heterocycles. The first-order valence-electron chi connectivity index (χ1n) is 8.49. The zero-order valence-electron chi connectivity index (χ0n) is 14.5. The van der Waals surface area contributed by atoms with Crippen molar-refractivity contribution in [1.29, 1.82) is 0 Å². The Morgan fingerprint density at radius 2 is 1.96 bits per heavy atom. The highest BCUT2D eigenvalue weighted by Gasteiger charge is 2.44. The lowest BCUT2D eigenvalue weighted by Crippen LogP contribution is -2.49. The number of nitrogens with zero attached hydrogens (tertiary/aromatic N) is 2. The van der Waals surface area contributed by atoms with E-state index >= 15 is 0 Å². The number of hydrogen-bond acceptors (Lipinski definition) is 4. The molecule has 2 aliphatic rings. The van der Waals surface area contributed by atoms with Crippen LogP contribution in [-0.2, 0) is 9.53 Å². The van der Waals surface area contributed by atoms with Crippen molar-refractivity contribution in [2.45, 2.75) is 38.8 Å². The standard InChI is InChI=1S/C18H25N3O3/c1-11-4-5-15(19-8-11)18(23)21-9-13-6-16(20-12(2)22)17(24-3)7-14(13)10-21/h4-5,8,13-14,16-17H,6-7,9-10H2,1-3H3,(H,20,22)/t13-,14+,16-,17-/m1/s1. The molecule has 3 rings (SSSR count). The van der Waals surface area contributed by atoms with Gasteiger partial charge in [0.15, 0.2) is 0 Å². The molecule has 4 atom stereocenters. The summed E-state index contributed by atoms with van der Waals surface area (Å²) in [6.07, 6.45) is 3.47. The first-order valence-corrected chi connectivity index (χ1v) is 8.49. The fraction of sp³-hybridized carbons (Fsp3) is 0.611. The lowest BCUT2D eigenvalue weighted by Gasteiger charge is -2.37. The highest BCUT2D eigenvalue weighted by molar-refractivity contribution is 5.92. The Morgan fingerprint density at radius 3 is 2.54 bits per heavy atom. The fourth-order valence-corrected chi connectivity index (χ4v) is 4.01. The number of fused-ring (bicyclic) bond motifs is 1. The molecule has 0 spiro atoms. The topological polar surface area (TPSA) is 71.5 Å². The summed E-state index contributed by atoms with van der Waals surface area (Å²) in [4.78, 5) is 30.2. The molecule has 0 bridgehead atoms. The highest BCUT2D eigenvalue weighted by Crippen LogP contribution is 2.37.